The van der Waals surface area contributed by atoms with Crippen molar-refractivity contribution in [2.24, 2.45) is 0 Å². The van der Waals surface area contributed by atoms with Crippen molar-refractivity contribution in [3.8, 4) is 28.3 Å². The van der Waals surface area contributed by atoms with Gasteiger partial charge in [-0.25, -0.2) is 10.5 Å². The van der Waals surface area contributed by atoms with Crippen molar-refractivity contribution in [1.29, 1.82) is 0 Å². The summed E-state index contributed by atoms with van der Waals surface area (Å²) in [6, 6.07) is 14.2. The summed E-state index contributed by atoms with van der Waals surface area (Å²) in [5.74, 6) is 0.585. The van der Waals surface area contributed by atoms with Gasteiger partial charge in [-0.3, -0.25) is 15.0 Å². The van der Waals surface area contributed by atoms with E-state index in [0.717, 1.165) is 22.4 Å². The lowest BCUT2D eigenvalue weighted by atomic mass is 10.0. The van der Waals surface area contributed by atoms with E-state index < -0.39 is 5.91 Å². The maximum absolute atomic E-state index is 11.5. The third kappa shape index (κ3) is 3.11. The van der Waals surface area contributed by atoms with Crippen LogP contribution in [0.1, 0.15) is 10.4 Å². The van der Waals surface area contributed by atoms with Gasteiger partial charge in [-0.15, -0.1) is 0 Å². The van der Waals surface area contributed by atoms with Gasteiger partial charge in [0.2, 0.25) is 5.89 Å². The SMILES string of the molecule is COc1ccncc1-c1ccc(-c2nc3cc(C(=O)NO)ccc3o2)cc1. The second-order valence-corrected chi connectivity index (χ2v) is 5.80. The normalized spacial score (nSPS) is 10.7. The first-order valence-corrected chi connectivity index (χ1v) is 8.13. The quantitative estimate of drug-likeness (QED) is 0.425. The standard InChI is InChI=1S/C20H15N3O4/c1-26-17-8-9-21-11-15(17)12-2-4-13(5-3-12)20-22-16-10-14(19(24)23-25)6-7-18(16)27-20/h2-11,25H,1H3,(H,23,24). The third-order valence-electron chi connectivity index (χ3n) is 4.20. The summed E-state index contributed by atoms with van der Waals surface area (Å²) in [5.41, 5.74) is 5.63. The first kappa shape index (κ1) is 16.7. The molecule has 0 saturated heterocycles. The molecule has 27 heavy (non-hydrogen) atoms. The summed E-state index contributed by atoms with van der Waals surface area (Å²) in [6.45, 7) is 0. The van der Waals surface area contributed by atoms with Crippen molar-refractivity contribution >= 4 is 17.0 Å². The van der Waals surface area contributed by atoms with Crippen molar-refractivity contribution in [2.75, 3.05) is 7.11 Å². The zero-order valence-electron chi connectivity index (χ0n) is 14.3. The summed E-state index contributed by atoms with van der Waals surface area (Å²) >= 11 is 0. The lowest BCUT2D eigenvalue weighted by Crippen LogP contribution is -2.18. The molecule has 7 heteroatoms. The Morgan fingerprint density at radius 1 is 1.11 bits per heavy atom. The molecule has 0 aliphatic rings. The van der Waals surface area contributed by atoms with Crippen LogP contribution in [0.2, 0.25) is 0 Å². The number of hydroxylamine groups is 1. The molecule has 0 aliphatic carbocycles. The van der Waals surface area contributed by atoms with E-state index in [4.69, 9.17) is 14.4 Å². The van der Waals surface area contributed by atoms with Gasteiger partial charge in [0, 0.05) is 29.1 Å². The van der Waals surface area contributed by atoms with Gasteiger partial charge in [0.25, 0.3) is 5.91 Å². The number of carbonyl (C=O) groups is 1. The number of amides is 1. The van der Waals surface area contributed by atoms with E-state index in [1.54, 1.807) is 43.2 Å². The number of fused-ring (bicyclic) bond motifs is 1. The average Bonchev–Trinajstić information content (AvgIpc) is 3.16. The topological polar surface area (TPSA) is 97.5 Å². The van der Waals surface area contributed by atoms with Gasteiger partial charge in [0.05, 0.1) is 7.11 Å². The number of ether oxygens (including phenoxy) is 1. The fourth-order valence-electron chi connectivity index (χ4n) is 2.83. The Balaban J connectivity index is 1.68. The molecule has 2 aromatic carbocycles. The molecule has 0 saturated carbocycles. The number of methoxy groups -OCH3 is 1. The van der Waals surface area contributed by atoms with Crippen LogP contribution >= 0.6 is 0 Å². The number of rotatable bonds is 4. The van der Waals surface area contributed by atoms with E-state index in [1.807, 2.05) is 30.3 Å². The lowest BCUT2D eigenvalue weighted by Gasteiger charge is -2.07. The molecule has 0 unspecified atom stereocenters. The predicted molar refractivity (Wildman–Crippen MR) is 98.5 cm³/mol. The Morgan fingerprint density at radius 2 is 1.89 bits per heavy atom. The van der Waals surface area contributed by atoms with E-state index in [9.17, 15) is 4.79 Å². The molecular weight excluding hydrogens is 346 g/mol. The largest absolute Gasteiger partial charge is 0.496 e. The first-order chi connectivity index (χ1) is 13.2. The molecule has 0 aliphatic heterocycles. The third-order valence-corrected chi connectivity index (χ3v) is 4.20. The van der Waals surface area contributed by atoms with Gasteiger partial charge in [-0.2, -0.15) is 0 Å². The molecular formula is C20H15N3O4. The highest BCUT2D eigenvalue weighted by Gasteiger charge is 2.12. The number of aromatic nitrogens is 2. The number of nitrogens with zero attached hydrogens (tertiary/aromatic N) is 2. The summed E-state index contributed by atoms with van der Waals surface area (Å²) in [4.78, 5) is 20.1. The summed E-state index contributed by atoms with van der Waals surface area (Å²) in [7, 11) is 1.62. The van der Waals surface area contributed by atoms with Crippen molar-refractivity contribution in [2.45, 2.75) is 0 Å². The minimum Gasteiger partial charge on any atom is -0.496 e. The van der Waals surface area contributed by atoms with Gasteiger partial charge >= 0.3 is 0 Å². The molecule has 0 bridgehead atoms. The Morgan fingerprint density at radius 3 is 2.63 bits per heavy atom. The number of nitrogens with one attached hydrogen (secondary N) is 1. The molecule has 7 nitrogen and oxygen atoms in total. The Kier molecular flexibility index (Phi) is 4.27. The van der Waals surface area contributed by atoms with E-state index in [1.165, 1.54) is 0 Å². The van der Waals surface area contributed by atoms with Gasteiger partial charge in [0.1, 0.15) is 11.3 Å². The first-order valence-electron chi connectivity index (χ1n) is 8.13. The van der Waals surface area contributed by atoms with Crippen LogP contribution in [0.25, 0.3) is 33.7 Å². The fraction of sp³-hybridized carbons (Fsp3) is 0.0500. The number of hydrogen-bond donors (Lipinski definition) is 2. The molecule has 2 heterocycles. The van der Waals surface area contributed by atoms with Gasteiger partial charge in [-0.05, 0) is 42.0 Å². The number of carbonyl (C=O) groups excluding carboxylic acids is 1. The van der Waals surface area contributed by atoms with E-state index in [2.05, 4.69) is 9.97 Å². The minimum atomic E-state index is -0.601. The van der Waals surface area contributed by atoms with Crippen LogP contribution in [0.5, 0.6) is 5.75 Å². The van der Waals surface area contributed by atoms with Crippen LogP contribution in [0.4, 0.5) is 0 Å². The zero-order chi connectivity index (χ0) is 18.8. The van der Waals surface area contributed by atoms with E-state index >= 15 is 0 Å². The zero-order valence-corrected chi connectivity index (χ0v) is 14.3. The maximum Gasteiger partial charge on any atom is 0.274 e. The Labute approximate surface area is 154 Å². The average molecular weight is 361 g/mol. The molecule has 2 N–H and O–H groups in total. The van der Waals surface area contributed by atoms with Crippen molar-refractivity contribution in [1.82, 2.24) is 15.4 Å². The highest BCUT2D eigenvalue weighted by molar-refractivity contribution is 5.96. The summed E-state index contributed by atoms with van der Waals surface area (Å²) < 4.78 is 11.1. The molecule has 0 spiro atoms. The molecule has 2 aromatic heterocycles. The number of oxazole rings is 1. The second-order valence-electron chi connectivity index (χ2n) is 5.80. The van der Waals surface area contributed by atoms with Gasteiger partial charge in [-0.1, -0.05) is 12.1 Å². The van der Waals surface area contributed by atoms with Crippen molar-refractivity contribution in [3.05, 3.63) is 66.5 Å². The number of pyridine rings is 1. The monoisotopic (exact) mass is 361 g/mol. The number of hydrogen-bond acceptors (Lipinski definition) is 6. The highest BCUT2D eigenvalue weighted by Crippen LogP contribution is 2.31. The molecule has 4 rings (SSSR count). The summed E-state index contributed by atoms with van der Waals surface area (Å²) in [6.07, 6.45) is 3.43. The van der Waals surface area contributed by atoms with E-state index in [-0.39, 0.29) is 0 Å². The lowest BCUT2D eigenvalue weighted by molar-refractivity contribution is 0.0706. The Bertz CT molecular complexity index is 1120. The van der Waals surface area contributed by atoms with Crippen molar-refractivity contribution < 1.29 is 19.2 Å². The van der Waals surface area contributed by atoms with Crippen LogP contribution in [0.15, 0.2) is 65.3 Å². The predicted octanol–water partition coefficient (Wildman–Crippen LogP) is 3.68. The molecule has 0 fully saturated rings. The van der Waals surface area contributed by atoms with E-state index in [0.29, 0.717) is 22.6 Å². The van der Waals surface area contributed by atoms with Crippen molar-refractivity contribution in [3.63, 3.8) is 0 Å². The minimum absolute atomic E-state index is 0.295. The van der Waals surface area contributed by atoms with Crippen LogP contribution in [0.3, 0.4) is 0 Å². The van der Waals surface area contributed by atoms with Crippen LogP contribution < -0.4 is 10.2 Å². The molecule has 0 radical (unpaired) electrons. The Hall–Kier alpha value is -3.71. The van der Waals surface area contributed by atoms with Gasteiger partial charge < -0.3 is 9.15 Å². The smallest absolute Gasteiger partial charge is 0.274 e. The molecule has 1 amide bonds. The molecule has 0 atom stereocenters. The summed E-state index contributed by atoms with van der Waals surface area (Å²) in [5, 5.41) is 8.74. The van der Waals surface area contributed by atoms with Gasteiger partial charge in [0.15, 0.2) is 5.58 Å². The number of benzene rings is 2. The fourth-order valence-corrected chi connectivity index (χ4v) is 2.83. The van der Waals surface area contributed by atoms with Crippen LogP contribution in [0, 0.1) is 0 Å². The molecule has 4 aromatic rings. The van der Waals surface area contributed by atoms with Crippen LogP contribution in [-0.4, -0.2) is 28.2 Å². The molecule has 134 valence electrons. The highest BCUT2D eigenvalue weighted by atomic mass is 16.5. The second kappa shape index (κ2) is 6.89. The van der Waals surface area contributed by atoms with Crippen LogP contribution in [-0.2, 0) is 0 Å². The maximum atomic E-state index is 11.5.